The third kappa shape index (κ3) is 2.30. The van der Waals surface area contributed by atoms with Crippen LogP contribution in [0.15, 0.2) is 50.3 Å². The molecule has 0 aliphatic carbocycles. The van der Waals surface area contributed by atoms with Gasteiger partial charge in [0.05, 0.1) is 5.69 Å². The van der Waals surface area contributed by atoms with Crippen LogP contribution in [-0.4, -0.2) is 23.7 Å². The van der Waals surface area contributed by atoms with Crippen molar-refractivity contribution in [3.05, 3.63) is 42.3 Å². The molecular weight excluding hydrogens is 320 g/mol. The highest BCUT2D eigenvalue weighted by Gasteiger charge is 2.20. The Bertz CT molecular complexity index is 1130. The van der Waals surface area contributed by atoms with E-state index in [1.165, 1.54) is 6.07 Å². The van der Waals surface area contributed by atoms with Crippen LogP contribution < -0.4 is 4.72 Å². The summed E-state index contributed by atoms with van der Waals surface area (Å²) >= 11 is 0. The number of nitrogens with zero attached hydrogens (tertiary/aromatic N) is 3. The average Bonchev–Trinajstić information content (AvgIpc) is 3.10. The van der Waals surface area contributed by atoms with Gasteiger partial charge in [0.25, 0.3) is 10.0 Å². The highest BCUT2D eigenvalue weighted by molar-refractivity contribution is 7.93. The number of oxazole rings is 1. The number of aryl methyl sites for hydroxylation is 1. The Balaban J connectivity index is 1.77. The molecule has 0 aliphatic heterocycles. The predicted molar refractivity (Wildman–Crippen MR) is 81.4 cm³/mol. The SMILES string of the molecule is Cc1nc2ccc(NS(=O)(=O)c3cccc4nonc34)cc2o1. The molecule has 9 heteroatoms. The zero-order valence-electron chi connectivity index (χ0n) is 11.8. The largest absolute Gasteiger partial charge is 0.441 e. The third-order valence-corrected chi connectivity index (χ3v) is 4.70. The van der Waals surface area contributed by atoms with Crippen molar-refractivity contribution in [2.45, 2.75) is 11.8 Å². The molecule has 8 nitrogen and oxygen atoms in total. The van der Waals surface area contributed by atoms with E-state index in [0.717, 1.165) is 0 Å². The summed E-state index contributed by atoms with van der Waals surface area (Å²) in [6.45, 7) is 1.72. The van der Waals surface area contributed by atoms with Crippen LogP contribution in [0.1, 0.15) is 5.89 Å². The molecule has 0 unspecified atom stereocenters. The van der Waals surface area contributed by atoms with Gasteiger partial charge in [0.15, 0.2) is 17.0 Å². The Morgan fingerprint density at radius 2 is 1.96 bits per heavy atom. The first-order valence-electron chi connectivity index (χ1n) is 6.64. The summed E-state index contributed by atoms with van der Waals surface area (Å²) in [5.74, 6) is 0.512. The van der Waals surface area contributed by atoms with Crippen LogP contribution >= 0.6 is 0 Å². The zero-order valence-corrected chi connectivity index (χ0v) is 12.7. The van der Waals surface area contributed by atoms with Crippen molar-refractivity contribution >= 4 is 37.8 Å². The lowest BCUT2D eigenvalue weighted by molar-refractivity contribution is 0.315. The van der Waals surface area contributed by atoms with Crippen molar-refractivity contribution in [2.24, 2.45) is 0 Å². The molecule has 1 N–H and O–H groups in total. The molecular formula is C14H10N4O4S. The monoisotopic (exact) mass is 330 g/mol. The van der Waals surface area contributed by atoms with Gasteiger partial charge in [-0.25, -0.2) is 18.0 Å². The summed E-state index contributed by atoms with van der Waals surface area (Å²) in [5.41, 5.74) is 2.07. The highest BCUT2D eigenvalue weighted by atomic mass is 32.2. The Morgan fingerprint density at radius 3 is 2.83 bits per heavy atom. The maximum absolute atomic E-state index is 12.6. The number of hydrogen-bond acceptors (Lipinski definition) is 7. The van der Waals surface area contributed by atoms with Gasteiger partial charge in [-0.3, -0.25) is 4.72 Å². The molecule has 0 spiro atoms. The standard InChI is InChI=1S/C14H10N4O4S/c1-8-15-10-6-5-9(7-12(10)21-8)18-23(19,20)13-4-2-3-11-14(13)17-22-16-11/h2-7,18H,1H3. The molecule has 0 fully saturated rings. The van der Waals surface area contributed by atoms with E-state index < -0.39 is 10.0 Å². The van der Waals surface area contributed by atoms with E-state index in [2.05, 4.69) is 24.6 Å². The Labute approximate surface area is 130 Å². The summed E-state index contributed by atoms with van der Waals surface area (Å²) in [6.07, 6.45) is 0. The minimum Gasteiger partial charge on any atom is -0.441 e. The number of anilines is 1. The van der Waals surface area contributed by atoms with Crippen molar-refractivity contribution in [1.29, 1.82) is 0 Å². The molecule has 0 radical (unpaired) electrons. The summed E-state index contributed by atoms with van der Waals surface area (Å²) in [7, 11) is -3.85. The van der Waals surface area contributed by atoms with Crippen LogP contribution in [-0.2, 0) is 10.0 Å². The van der Waals surface area contributed by atoms with Crippen molar-refractivity contribution in [3.63, 3.8) is 0 Å². The first kappa shape index (κ1) is 13.7. The smallest absolute Gasteiger partial charge is 0.264 e. The first-order chi connectivity index (χ1) is 11.0. The van der Waals surface area contributed by atoms with Gasteiger partial charge < -0.3 is 4.42 Å². The lowest BCUT2D eigenvalue weighted by Crippen LogP contribution is -2.13. The molecule has 0 atom stereocenters. The second kappa shape index (κ2) is 4.78. The van der Waals surface area contributed by atoms with Gasteiger partial charge in [-0.15, -0.1) is 0 Å². The summed E-state index contributed by atoms with van der Waals surface area (Å²) in [4.78, 5) is 4.16. The van der Waals surface area contributed by atoms with Gasteiger partial charge in [0, 0.05) is 13.0 Å². The van der Waals surface area contributed by atoms with Gasteiger partial charge in [-0.2, -0.15) is 0 Å². The number of fused-ring (bicyclic) bond motifs is 2. The quantitative estimate of drug-likeness (QED) is 0.614. The normalized spacial score (nSPS) is 12.0. The molecule has 2 heterocycles. The minimum absolute atomic E-state index is 0.00917. The predicted octanol–water partition coefficient (Wildman–Crippen LogP) is 2.47. The minimum atomic E-state index is -3.85. The van der Waals surface area contributed by atoms with Crippen LogP contribution in [0.3, 0.4) is 0 Å². The fourth-order valence-electron chi connectivity index (χ4n) is 2.31. The molecule has 0 saturated carbocycles. The molecule has 0 bridgehead atoms. The van der Waals surface area contributed by atoms with E-state index in [4.69, 9.17) is 4.42 Å². The van der Waals surface area contributed by atoms with E-state index >= 15 is 0 Å². The van der Waals surface area contributed by atoms with Gasteiger partial charge in [0.2, 0.25) is 0 Å². The fourth-order valence-corrected chi connectivity index (χ4v) is 3.51. The van der Waals surface area contributed by atoms with Crippen LogP contribution in [0.2, 0.25) is 0 Å². The Hall–Kier alpha value is -2.94. The van der Waals surface area contributed by atoms with Crippen molar-refractivity contribution in [1.82, 2.24) is 15.3 Å². The van der Waals surface area contributed by atoms with E-state index in [1.807, 2.05) is 0 Å². The second-order valence-electron chi connectivity index (χ2n) is 4.91. The van der Waals surface area contributed by atoms with Crippen LogP contribution in [0.4, 0.5) is 5.69 Å². The van der Waals surface area contributed by atoms with Gasteiger partial charge in [-0.05, 0) is 34.6 Å². The van der Waals surface area contributed by atoms with E-state index in [-0.39, 0.29) is 10.4 Å². The topological polar surface area (TPSA) is 111 Å². The van der Waals surface area contributed by atoms with Crippen LogP contribution in [0.25, 0.3) is 22.1 Å². The van der Waals surface area contributed by atoms with Crippen molar-refractivity contribution in [3.8, 4) is 0 Å². The van der Waals surface area contributed by atoms with Gasteiger partial charge >= 0.3 is 0 Å². The number of sulfonamides is 1. The molecule has 23 heavy (non-hydrogen) atoms. The van der Waals surface area contributed by atoms with Gasteiger partial charge in [0.1, 0.15) is 15.9 Å². The molecule has 4 rings (SSSR count). The van der Waals surface area contributed by atoms with Crippen LogP contribution in [0.5, 0.6) is 0 Å². The van der Waals surface area contributed by atoms with E-state index in [9.17, 15) is 8.42 Å². The van der Waals surface area contributed by atoms with E-state index in [0.29, 0.717) is 28.2 Å². The summed E-state index contributed by atoms with van der Waals surface area (Å²) in [5, 5.41) is 7.29. The molecule has 0 aliphatic rings. The molecule has 2 aromatic carbocycles. The number of nitrogens with one attached hydrogen (secondary N) is 1. The number of aromatic nitrogens is 3. The van der Waals surface area contributed by atoms with E-state index in [1.54, 1.807) is 37.3 Å². The molecule has 4 aromatic rings. The maximum Gasteiger partial charge on any atom is 0.264 e. The second-order valence-corrected chi connectivity index (χ2v) is 6.56. The highest BCUT2D eigenvalue weighted by Crippen LogP contribution is 2.25. The average molecular weight is 330 g/mol. The summed E-state index contributed by atoms with van der Waals surface area (Å²) < 4.78 is 37.7. The first-order valence-corrected chi connectivity index (χ1v) is 8.12. The van der Waals surface area contributed by atoms with Gasteiger partial charge in [-0.1, -0.05) is 6.07 Å². The lowest BCUT2D eigenvalue weighted by atomic mass is 10.3. The molecule has 0 saturated heterocycles. The maximum atomic E-state index is 12.6. The molecule has 0 amide bonds. The summed E-state index contributed by atoms with van der Waals surface area (Å²) in [6, 6.07) is 9.50. The Kier molecular flexibility index (Phi) is 2.85. The lowest BCUT2D eigenvalue weighted by Gasteiger charge is -2.07. The number of benzene rings is 2. The number of hydrogen-bond donors (Lipinski definition) is 1. The fraction of sp³-hybridized carbons (Fsp3) is 0.0714. The molecule has 116 valence electrons. The zero-order chi connectivity index (χ0) is 16.0. The Morgan fingerprint density at radius 1 is 1.09 bits per heavy atom. The number of rotatable bonds is 3. The third-order valence-electron chi connectivity index (χ3n) is 3.29. The van der Waals surface area contributed by atoms with Crippen molar-refractivity contribution < 1.29 is 17.5 Å². The van der Waals surface area contributed by atoms with Crippen molar-refractivity contribution in [2.75, 3.05) is 4.72 Å². The molecule has 2 aromatic heterocycles. The van der Waals surface area contributed by atoms with Crippen LogP contribution in [0, 0.1) is 6.92 Å².